The first-order valence-electron chi connectivity index (χ1n) is 9.51. The fourth-order valence-corrected chi connectivity index (χ4v) is 3.68. The second-order valence-electron chi connectivity index (χ2n) is 7.37. The normalized spacial score (nSPS) is 14.8. The molecule has 1 aliphatic rings. The highest BCUT2D eigenvalue weighted by Crippen LogP contribution is 2.31. The van der Waals surface area contributed by atoms with Crippen molar-refractivity contribution in [3.63, 3.8) is 0 Å². The van der Waals surface area contributed by atoms with Crippen molar-refractivity contribution in [1.29, 1.82) is 0 Å². The molecule has 0 radical (unpaired) electrons. The molecule has 1 aliphatic heterocycles. The van der Waals surface area contributed by atoms with E-state index < -0.39 is 0 Å². The zero-order chi connectivity index (χ0) is 20.0. The van der Waals surface area contributed by atoms with Crippen molar-refractivity contribution in [3.05, 3.63) is 48.9 Å². The average molecular weight is 387 g/mol. The summed E-state index contributed by atoms with van der Waals surface area (Å²) >= 11 is 0. The van der Waals surface area contributed by atoms with Crippen LogP contribution in [0.5, 0.6) is 0 Å². The van der Waals surface area contributed by atoms with Crippen molar-refractivity contribution in [2.45, 2.75) is 0 Å². The van der Waals surface area contributed by atoms with Crippen LogP contribution in [0.4, 0.5) is 5.82 Å². The number of hydrogen-bond acceptors (Lipinski definition) is 5. The number of pyridine rings is 1. The Labute approximate surface area is 167 Å². The Morgan fingerprint density at radius 3 is 2.72 bits per heavy atom. The van der Waals surface area contributed by atoms with Gasteiger partial charge >= 0.3 is 0 Å². The second kappa shape index (κ2) is 6.73. The lowest BCUT2D eigenvalue weighted by atomic mass is 10.0. The number of rotatable bonds is 3. The van der Waals surface area contributed by atoms with Gasteiger partial charge < -0.3 is 9.80 Å². The number of fused-ring (bicyclic) bond motifs is 1. The van der Waals surface area contributed by atoms with Gasteiger partial charge in [-0.05, 0) is 29.8 Å². The molecular weight excluding hydrogens is 366 g/mol. The highest BCUT2D eigenvalue weighted by Gasteiger charge is 2.22. The van der Waals surface area contributed by atoms with Gasteiger partial charge in [0, 0.05) is 56.1 Å². The number of hydrogen-bond donors (Lipinski definition) is 1. The topological polar surface area (TPSA) is 82.9 Å². The molecule has 5 rings (SSSR count). The van der Waals surface area contributed by atoms with Crippen molar-refractivity contribution in [1.82, 2.24) is 29.9 Å². The average Bonchev–Trinajstić information content (AvgIpc) is 3.36. The van der Waals surface area contributed by atoms with E-state index in [9.17, 15) is 4.79 Å². The molecular formula is C21H21N7O. The zero-order valence-electron chi connectivity index (χ0n) is 16.3. The molecule has 1 fully saturated rings. The lowest BCUT2D eigenvalue weighted by molar-refractivity contribution is -0.129. The molecule has 8 heteroatoms. The van der Waals surface area contributed by atoms with Crippen LogP contribution in [0.25, 0.3) is 33.3 Å². The van der Waals surface area contributed by atoms with Gasteiger partial charge in [0.05, 0.1) is 18.3 Å². The number of H-pyrrole nitrogens is 1. The predicted octanol–water partition coefficient (Wildman–Crippen LogP) is 2.30. The van der Waals surface area contributed by atoms with E-state index in [0.29, 0.717) is 13.1 Å². The molecule has 0 saturated carbocycles. The molecule has 1 saturated heterocycles. The van der Waals surface area contributed by atoms with Crippen LogP contribution in [-0.4, -0.2) is 62.5 Å². The molecule has 1 N–H and O–H groups in total. The van der Waals surface area contributed by atoms with Gasteiger partial charge in [-0.25, -0.2) is 4.98 Å². The van der Waals surface area contributed by atoms with Gasteiger partial charge in [0.1, 0.15) is 11.5 Å². The quantitative estimate of drug-likeness (QED) is 0.583. The first-order valence-corrected chi connectivity index (χ1v) is 9.51. The monoisotopic (exact) mass is 387 g/mol. The number of nitrogens with one attached hydrogen (secondary N) is 1. The summed E-state index contributed by atoms with van der Waals surface area (Å²) in [6.07, 6.45) is 5.63. The van der Waals surface area contributed by atoms with Crippen molar-refractivity contribution in [3.8, 4) is 22.4 Å². The summed E-state index contributed by atoms with van der Waals surface area (Å²) in [6.45, 7) is 1.81. The summed E-state index contributed by atoms with van der Waals surface area (Å²) < 4.78 is 1.79. The van der Waals surface area contributed by atoms with E-state index in [1.54, 1.807) is 15.8 Å². The van der Waals surface area contributed by atoms with E-state index >= 15 is 0 Å². The number of aromatic amines is 1. The minimum Gasteiger partial charge on any atom is -0.346 e. The summed E-state index contributed by atoms with van der Waals surface area (Å²) in [7, 11) is 3.74. The summed E-state index contributed by atoms with van der Waals surface area (Å²) in [4.78, 5) is 20.3. The maximum Gasteiger partial charge on any atom is 0.241 e. The van der Waals surface area contributed by atoms with E-state index in [0.717, 1.165) is 45.6 Å². The third-order valence-corrected chi connectivity index (χ3v) is 5.40. The molecule has 0 spiro atoms. The van der Waals surface area contributed by atoms with Gasteiger partial charge in [0.15, 0.2) is 0 Å². The molecule has 0 unspecified atom stereocenters. The Morgan fingerprint density at radius 2 is 1.93 bits per heavy atom. The molecule has 8 nitrogen and oxygen atoms in total. The summed E-state index contributed by atoms with van der Waals surface area (Å²) in [5.41, 5.74) is 4.96. The van der Waals surface area contributed by atoms with Crippen LogP contribution in [0, 0.1) is 0 Å². The van der Waals surface area contributed by atoms with E-state index in [-0.39, 0.29) is 5.91 Å². The van der Waals surface area contributed by atoms with E-state index in [2.05, 4.69) is 32.4 Å². The largest absolute Gasteiger partial charge is 0.346 e. The number of piperazine rings is 1. The highest BCUT2D eigenvalue weighted by molar-refractivity contribution is 5.96. The smallest absolute Gasteiger partial charge is 0.241 e. The molecule has 29 heavy (non-hydrogen) atoms. The molecule has 1 amide bonds. The maximum atomic E-state index is 12.1. The second-order valence-corrected chi connectivity index (χ2v) is 7.37. The third-order valence-electron chi connectivity index (χ3n) is 5.40. The fourth-order valence-electron chi connectivity index (χ4n) is 3.68. The standard InChI is InChI=1S/C21H21N7O/c1-26-7-8-28(13-20(26)29)19-10-15(5-6-22-19)21-17-9-14(3-4-18(17)24-25-21)16-11-23-27(2)12-16/h3-6,9-12H,7-8,13H2,1-2H3,(H,24,25). The Morgan fingerprint density at radius 1 is 1.03 bits per heavy atom. The molecule has 0 aliphatic carbocycles. The highest BCUT2D eigenvalue weighted by atomic mass is 16.2. The van der Waals surface area contributed by atoms with Crippen molar-refractivity contribution in [2.75, 3.05) is 31.6 Å². The number of amides is 1. The Bertz CT molecular complexity index is 1210. The SMILES string of the molecule is CN1CCN(c2cc(-c3n[nH]c4ccc(-c5cnn(C)c5)cc34)ccn2)CC1=O. The Hall–Kier alpha value is -3.68. The third kappa shape index (κ3) is 3.12. The number of nitrogens with zero attached hydrogens (tertiary/aromatic N) is 6. The van der Waals surface area contributed by atoms with Crippen molar-refractivity contribution < 1.29 is 4.79 Å². The molecule has 0 atom stereocenters. The van der Waals surface area contributed by atoms with Gasteiger partial charge in [-0.1, -0.05) is 6.07 Å². The van der Waals surface area contributed by atoms with E-state index in [1.165, 1.54) is 0 Å². The van der Waals surface area contributed by atoms with Gasteiger partial charge in [-0.15, -0.1) is 0 Å². The van der Waals surface area contributed by atoms with Crippen LogP contribution in [0.15, 0.2) is 48.9 Å². The predicted molar refractivity (Wildman–Crippen MR) is 111 cm³/mol. The zero-order valence-corrected chi connectivity index (χ0v) is 16.3. The lowest BCUT2D eigenvalue weighted by Gasteiger charge is -2.32. The first kappa shape index (κ1) is 17.4. The fraction of sp³-hybridized carbons (Fsp3) is 0.238. The van der Waals surface area contributed by atoms with Crippen LogP contribution in [-0.2, 0) is 11.8 Å². The number of anilines is 1. The molecule has 4 aromatic rings. The van der Waals surface area contributed by atoms with Crippen molar-refractivity contribution >= 4 is 22.6 Å². The molecule has 146 valence electrons. The molecule has 4 heterocycles. The first-order chi connectivity index (χ1) is 14.1. The molecule has 1 aromatic carbocycles. The van der Waals surface area contributed by atoms with Gasteiger partial charge in [-0.2, -0.15) is 10.2 Å². The van der Waals surface area contributed by atoms with Gasteiger partial charge in [-0.3, -0.25) is 14.6 Å². The number of aryl methyl sites for hydroxylation is 1. The molecule has 0 bridgehead atoms. The number of benzene rings is 1. The number of carbonyl (C=O) groups excluding carboxylic acids is 1. The summed E-state index contributed by atoms with van der Waals surface area (Å²) in [5, 5.41) is 13.0. The number of likely N-dealkylation sites (N-methyl/N-ethyl adjacent to an activating group) is 1. The minimum absolute atomic E-state index is 0.106. The van der Waals surface area contributed by atoms with Crippen LogP contribution < -0.4 is 4.90 Å². The Kier molecular flexibility index (Phi) is 4.04. The van der Waals surface area contributed by atoms with Crippen LogP contribution >= 0.6 is 0 Å². The van der Waals surface area contributed by atoms with Gasteiger partial charge in [0.2, 0.25) is 5.91 Å². The van der Waals surface area contributed by atoms with E-state index in [4.69, 9.17) is 0 Å². The maximum absolute atomic E-state index is 12.1. The number of carbonyl (C=O) groups is 1. The Balaban J connectivity index is 1.53. The van der Waals surface area contributed by atoms with Gasteiger partial charge in [0.25, 0.3) is 0 Å². The summed E-state index contributed by atoms with van der Waals surface area (Å²) in [6, 6.07) is 10.2. The summed E-state index contributed by atoms with van der Waals surface area (Å²) in [5.74, 6) is 0.901. The van der Waals surface area contributed by atoms with Crippen molar-refractivity contribution in [2.24, 2.45) is 7.05 Å². The van der Waals surface area contributed by atoms with Crippen LogP contribution in [0.1, 0.15) is 0 Å². The van der Waals surface area contributed by atoms with Crippen LogP contribution in [0.3, 0.4) is 0 Å². The van der Waals surface area contributed by atoms with E-state index in [1.807, 2.05) is 49.6 Å². The number of aromatic nitrogens is 5. The molecule has 3 aromatic heterocycles. The van der Waals surface area contributed by atoms with Crippen LogP contribution in [0.2, 0.25) is 0 Å². The lowest BCUT2D eigenvalue weighted by Crippen LogP contribution is -2.48. The minimum atomic E-state index is 0.106.